The molecule has 2 aliphatic heterocycles. The topological polar surface area (TPSA) is 166 Å². The molecule has 5 rings (SSSR count). The smallest absolute Gasteiger partial charge is 0.460 e. The Morgan fingerprint density at radius 1 is 1.10 bits per heavy atom. The van der Waals surface area contributed by atoms with Crippen LogP contribution < -0.4 is 15.7 Å². The van der Waals surface area contributed by atoms with Crippen molar-refractivity contribution < 1.29 is 42.6 Å². The van der Waals surface area contributed by atoms with Gasteiger partial charge in [-0.2, -0.15) is 0 Å². The number of para-hydroxylation sites is 1. The lowest BCUT2D eigenvalue weighted by molar-refractivity contribution is -0.385. The van der Waals surface area contributed by atoms with Crippen LogP contribution in [0.2, 0.25) is 0 Å². The highest BCUT2D eigenvalue weighted by atomic mass is 16.8. The fourth-order valence-corrected chi connectivity index (χ4v) is 4.83. The van der Waals surface area contributed by atoms with E-state index in [-0.39, 0.29) is 16.8 Å². The van der Waals surface area contributed by atoms with Gasteiger partial charge >= 0.3 is 11.8 Å². The first kappa shape index (κ1) is 26.1. The van der Waals surface area contributed by atoms with Gasteiger partial charge in [-0.3, -0.25) is 14.9 Å². The molecule has 0 bridgehead atoms. The number of fused-ring (bicyclic) bond motifs is 2. The first-order valence-corrected chi connectivity index (χ1v) is 11.9. The number of amides is 1. The monoisotopic (exact) mass is 540 g/mol. The predicted molar refractivity (Wildman–Crippen MR) is 134 cm³/mol. The number of carbonyl (C=O) groups is 2. The van der Waals surface area contributed by atoms with Crippen molar-refractivity contribution in [2.45, 2.75) is 51.0 Å². The molecule has 1 N–H and O–H groups in total. The van der Waals surface area contributed by atoms with Crippen LogP contribution in [0.1, 0.15) is 29.8 Å². The number of nitro groups is 1. The van der Waals surface area contributed by atoms with Gasteiger partial charge in [-0.25, -0.2) is 9.59 Å². The summed E-state index contributed by atoms with van der Waals surface area (Å²) in [5.41, 5.74) is -1.94. The van der Waals surface area contributed by atoms with E-state index in [1.165, 1.54) is 37.4 Å². The Morgan fingerprint density at radius 3 is 2.54 bits per heavy atom. The van der Waals surface area contributed by atoms with E-state index in [2.05, 4.69) is 5.32 Å². The zero-order chi connectivity index (χ0) is 28.1. The molecule has 2 aliphatic rings. The van der Waals surface area contributed by atoms with Crippen LogP contribution in [0.5, 0.6) is 5.75 Å². The Hall–Kier alpha value is -4.49. The summed E-state index contributed by atoms with van der Waals surface area (Å²) in [6, 6.07) is 9.99. The molecular weight excluding hydrogens is 516 g/mol. The Labute approximate surface area is 220 Å². The first-order valence-electron chi connectivity index (χ1n) is 11.9. The van der Waals surface area contributed by atoms with Crippen LogP contribution in [0, 0.1) is 17.0 Å². The van der Waals surface area contributed by atoms with Gasteiger partial charge in [0.05, 0.1) is 10.5 Å². The Bertz CT molecular complexity index is 1550. The van der Waals surface area contributed by atoms with Gasteiger partial charge in [-0.05, 0) is 45.0 Å². The molecule has 39 heavy (non-hydrogen) atoms. The molecule has 0 spiro atoms. The van der Waals surface area contributed by atoms with Crippen LogP contribution in [-0.2, 0) is 18.9 Å². The van der Waals surface area contributed by atoms with Gasteiger partial charge in [0, 0.05) is 24.1 Å². The summed E-state index contributed by atoms with van der Waals surface area (Å²) in [6.45, 7) is 5.20. The maximum absolute atomic E-state index is 12.7. The number of methoxy groups -OCH3 is 1. The molecule has 1 aromatic heterocycles. The van der Waals surface area contributed by atoms with Gasteiger partial charge in [-0.15, -0.1) is 0 Å². The minimum absolute atomic E-state index is 0.183. The molecular formula is C26H24N2O11. The molecule has 13 heteroatoms. The second-order valence-corrected chi connectivity index (χ2v) is 9.56. The van der Waals surface area contributed by atoms with Gasteiger partial charge in [0.15, 0.2) is 6.10 Å². The van der Waals surface area contributed by atoms with E-state index in [0.29, 0.717) is 16.7 Å². The van der Waals surface area contributed by atoms with Crippen molar-refractivity contribution >= 4 is 34.4 Å². The van der Waals surface area contributed by atoms with E-state index >= 15 is 0 Å². The van der Waals surface area contributed by atoms with E-state index in [1.807, 2.05) is 0 Å². The number of hydrogen-bond acceptors (Lipinski definition) is 11. The quantitative estimate of drug-likeness (QED) is 0.210. The van der Waals surface area contributed by atoms with Crippen molar-refractivity contribution in [1.29, 1.82) is 0 Å². The lowest BCUT2D eigenvalue weighted by Gasteiger charge is -2.45. The third kappa shape index (κ3) is 4.66. The number of rotatable bonds is 6. The number of hydrogen-bond donors (Lipinski definition) is 1. The summed E-state index contributed by atoms with van der Waals surface area (Å²) < 4.78 is 33.7. The molecule has 1 amide bonds. The maximum Gasteiger partial charge on any atom is 0.509 e. The van der Waals surface area contributed by atoms with E-state index in [0.717, 1.165) is 0 Å². The largest absolute Gasteiger partial charge is 0.509 e. The van der Waals surface area contributed by atoms with Crippen LogP contribution in [-0.4, -0.2) is 54.3 Å². The van der Waals surface area contributed by atoms with Crippen LogP contribution in [0.3, 0.4) is 0 Å². The molecule has 13 nitrogen and oxygen atoms in total. The molecule has 204 valence electrons. The minimum Gasteiger partial charge on any atom is -0.460 e. The highest BCUT2D eigenvalue weighted by Crippen LogP contribution is 2.39. The minimum atomic E-state index is -1.05. The Kier molecular flexibility index (Phi) is 6.48. The number of anilines is 1. The number of aryl methyl sites for hydroxylation is 1. The standard InChI is InChI=1S/C26H24N2O11/c1-12-17(35-24-20-19(37-25(31)38-20)21(34-4)26(2,3)39-24)10-9-13-11-15(23(30)36-18(12)13)27-22(29)14-7-5-6-8-16(14)28(32)33/h5-11,19-21,24H,1-4H3,(H,27,29)/t19-,20+,21+,24+/m0/s1. The number of benzene rings is 2. The maximum atomic E-state index is 12.7. The third-order valence-electron chi connectivity index (χ3n) is 6.65. The van der Waals surface area contributed by atoms with Gasteiger partial charge in [0.2, 0.25) is 12.4 Å². The zero-order valence-corrected chi connectivity index (χ0v) is 21.3. The Morgan fingerprint density at radius 2 is 1.82 bits per heavy atom. The molecule has 2 saturated heterocycles. The van der Waals surface area contributed by atoms with E-state index < -0.39 is 58.5 Å². The number of nitro benzene ring substituents is 1. The first-order chi connectivity index (χ1) is 18.5. The summed E-state index contributed by atoms with van der Waals surface area (Å²) in [4.78, 5) is 47.9. The van der Waals surface area contributed by atoms with Crippen molar-refractivity contribution in [3.05, 3.63) is 74.1 Å². The fourth-order valence-electron chi connectivity index (χ4n) is 4.83. The van der Waals surface area contributed by atoms with Crippen molar-refractivity contribution in [3.63, 3.8) is 0 Å². The zero-order valence-electron chi connectivity index (χ0n) is 21.3. The molecule has 3 heterocycles. The summed E-state index contributed by atoms with van der Waals surface area (Å²) in [7, 11) is 1.48. The highest BCUT2D eigenvalue weighted by Gasteiger charge is 2.59. The lowest BCUT2D eigenvalue weighted by Crippen LogP contribution is -2.62. The van der Waals surface area contributed by atoms with Crippen LogP contribution in [0.4, 0.5) is 16.2 Å². The van der Waals surface area contributed by atoms with E-state index in [1.54, 1.807) is 32.9 Å². The summed E-state index contributed by atoms with van der Waals surface area (Å²) >= 11 is 0. The summed E-state index contributed by atoms with van der Waals surface area (Å²) in [5, 5.41) is 14.1. The van der Waals surface area contributed by atoms with Crippen molar-refractivity contribution in [1.82, 2.24) is 0 Å². The van der Waals surface area contributed by atoms with E-state index in [9.17, 15) is 24.5 Å². The molecule has 0 aliphatic carbocycles. The summed E-state index contributed by atoms with van der Waals surface area (Å²) in [6.07, 6.45) is -4.18. The summed E-state index contributed by atoms with van der Waals surface area (Å²) in [5.74, 6) is -0.541. The van der Waals surface area contributed by atoms with Gasteiger partial charge in [0.25, 0.3) is 11.6 Å². The number of nitrogens with zero attached hydrogens (tertiary/aromatic N) is 1. The van der Waals surface area contributed by atoms with Crippen LogP contribution >= 0.6 is 0 Å². The fraction of sp³-hybridized carbons (Fsp3) is 0.346. The predicted octanol–water partition coefficient (Wildman–Crippen LogP) is 3.69. The van der Waals surface area contributed by atoms with Crippen LogP contribution in [0.15, 0.2) is 51.7 Å². The number of nitrogens with one attached hydrogen (secondary N) is 1. The van der Waals surface area contributed by atoms with Gasteiger partial charge < -0.3 is 33.4 Å². The molecule has 3 aromatic rings. The second kappa shape index (κ2) is 9.67. The Balaban J connectivity index is 1.43. The number of carbonyl (C=O) groups excluding carboxylic acids is 2. The van der Waals surface area contributed by atoms with Crippen molar-refractivity contribution in [2.75, 3.05) is 12.4 Å². The molecule has 2 aromatic carbocycles. The highest BCUT2D eigenvalue weighted by molar-refractivity contribution is 6.07. The van der Waals surface area contributed by atoms with Crippen molar-refractivity contribution in [3.8, 4) is 5.75 Å². The SMILES string of the molecule is CO[C@@H]1[C@H]2OC(=O)O[C@H]2[C@H](Oc2ccc3cc(NC(=O)c4ccccc4[N+](=O)[O-])c(=O)oc3c2C)OC1(C)C. The average Bonchev–Trinajstić information content (AvgIpc) is 3.27. The third-order valence-corrected chi connectivity index (χ3v) is 6.65. The average molecular weight is 540 g/mol. The number of ether oxygens (including phenoxy) is 5. The van der Waals surface area contributed by atoms with E-state index in [4.69, 9.17) is 28.1 Å². The molecule has 0 saturated carbocycles. The molecule has 4 atom stereocenters. The van der Waals surface area contributed by atoms with Gasteiger partial charge in [-0.1, -0.05) is 12.1 Å². The molecule has 0 unspecified atom stereocenters. The molecule has 0 radical (unpaired) electrons. The molecule has 2 fully saturated rings. The second-order valence-electron chi connectivity index (χ2n) is 9.56. The van der Waals surface area contributed by atoms with Gasteiger partial charge in [0.1, 0.15) is 28.7 Å². The van der Waals surface area contributed by atoms with Crippen molar-refractivity contribution in [2.24, 2.45) is 0 Å². The lowest BCUT2D eigenvalue weighted by atomic mass is 9.89. The normalized spacial score (nSPS) is 23.4. The van der Waals surface area contributed by atoms with Crippen LogP contribution in [0.25, 0.3) is 11.0 Å².